The van der Waals surface area contributed by atoms with E-state index in [4.69, 9.17) is 4.74 Å². The third-order valence-electron chi connectivity index (χ3n) is 7.97. The molecule has 0 bridgehead atoms. The third kappa shape index (κ3) is 7.90. The second kappa shape index (κ2) is 12.9. The van der Waals surface area contributed by atoms with Crippen LogP contribution in [-0.2, 0) is 18.9 Å². The molecule has 0 unspecified atom stereocenters. The summed E-state index contributed by atoms with van der Waals surface area (Å²) in [4.78, 5) is 18.7. The SMILES string of the molecule is O=[N+]([O-])c1ccc(NC2CCC(Oc3cncc(N4CCN(Cc5ccc(C(F)(F)F)cc5)CC4)c3)CC2)cc1C(F)(F)F. The van der Waals surface area contributed by atoms with Crippen LogP contribution >= 0.6 is 0 Å². The molecule has 2 fully saturated rings. The second-order valence-electron chi connectivity index (χ2n) is 11.1. The van der Waals surface area contributed by atoms with Crippen molar-refractivity contribution in [2.75, 3.05) is 36.4 Å². The Balaban J connectivity index is 1.09. The van der Waals surface area contributed by atoms with Gasteiger partial charge in [0.2, 0.25) is 0 Å². The van der Waals surface area contributed by atoms with Gasteiger partial charge >= 0.3 is 12.4 Å². The lowest BCUT2D eigenvalue weighted by molar-refractivity contribution is -0.388. The number of piperazine rings is 1. The van der Waals surface area contributed by atoms with E-state index in [1.54, 1.807) is 12.4 Å². The largest absolute Gasteiger partial charge is 0.489 e. The lowest BCUT2D eigenvalue weighted by Gasteiger charge is -2.36. The molecule has 1 aromatic heterocycles. The molecule has 2 aromatic carbocycles. The number of anilines is 2. The van der Waals surface area contributed by atoms with Crippen LogP contribution in [-0.4, -0.2) is 53.1 Å². The zero-order valence-electron chi connectivity index (χ0n) is 23.6. The zero-order valence-corrected chi connectivity index (χ0v) is 23.6. The molecule has 0 spiro atoms. The highest BCUT2D eigenvalue weighted by molar-refractivity contribution is 5.55. The van der Waals surface area contributed by atoms with Crippen LogP contribution in [0.25, 0.3) is 0 Å². The summed E-state index contributed by atoms with van der Waals surface area (Å²) in [6, 6.07) is 10.0. The first kappa shape index (κ1) is 31.4. The number of benzene rings is 2. The number of hydrogen-bond donors (Lipinski definition) is 1. The fourth-order valence-corrected chi connectivity index (χ4v) is 5.63. The highest BCUT2D eigenvalue weighted by Gasteiger charge is 2.38. The van der Waals surface area contributed by atoms with Crippen molar-refractivity contribution < 1.29 is 36.0 Å². The molecule has 2 aliphatic rings. The number of pyridine rings is 1. The molecule has 1 saturated heterocycles. The highest BCUT2D eigenvalue weighted by atomic mass is 19.4. The molecule has 0 atom stereocenters. The van der Waals surface area contributed by atoms with Gasteiger partial charge < -0.3 is 15.0 Å². The highest BCUT2D eigenvalue weighted by Crippen LogP contribution is 2.38. The van der Waals surface area contributed by atoms with Crippen LogP contribution in [0, 0.1) is 10.1 Å². The molecule has 1 aliphatic carbocycles. The maximum atomic E-state index is 13.3. The van der Waals surface area contributed by atoms with Gasteiger partial charge in [-0.1, -0.05) is 12.1 Å². The Morgan fingerprint density at radius 2 is 1.57 bits per heavy atom. The number of nitrogens with zero attached hydrogens (tertiary/aromatic N) is 4. The van der Waals surface area contributed by atoms with Crippen molar-refractivity contribution in [3.63, 3.8) is 0 Å². The summed E-state index contributed by atoms with van der Waals surface area (Å²) in [6.07, 6.45) is -3.23. The molecule has 0 radical (unpaired) electrons. The average Bonchev–Trinajstić information content (AvgIpc) is 2.98. The second-order valence-corrected chi connectivity index (χ2v) is 11.1. The first-order valence-electron chi connectivity index (χ1n) is 14.2. The molecule has 14 heteroatoms. The molecule has 236 valence electrons. The van der Waals surface area contributed by atoms with E-state index in [1.807, 2.05) is 6.07 Å². The standard InChI is InChI=1S/C30H31F6N5O3/c31-29(32,33)21-3-1-20(2-4-21)19-39-11-13-40(14-12-39)24-16-26(18-37-17-24)44-25-8-5-22(6-9-25)38-23-7-10-28(41(42)43)27(15-23)30(34,35)36/h1-4,7,10,15-18,22,25,38H,5-6,8-9,11-14,19H2. The van der Waals surface area contributed by atoms with Crippen molar-refractivity contribution in [2.24, 2.45) is 0 Å². The quantitative estimate of drug-likeness (QED) is 0.162. The number of aromatic nitrogens is 1. The van der Waals surface area contributed by atoms with Gasteiger partial charge in [-0.2, -0.15) is 26.3 Å². The minimum atomic E-state index is -4.84. The normalized spacial score (nSPS) is 19.9. The van der Waals surface area contributed by atoms with Crippen LogP contribution in [0.4, 0.5) is 43.4 Å². The summed E-state index contributed by atoms with van der Waals surface area (Å²) in [6.45, 7) is 3.49. The molecular formula is C30H31F6N5O3. The Bertz CT molecular complexity index is 1430. The van der Waals surface area contributed by atoms with Crippen molar-refractivity contribution in [1.82, 2.24) is 9.88 Å². The molecule has 0 amide bonds. The van der Waals surface area contributed by atoms with Crippen LogP contribution in [0.5, 0.6) is 5.75 Å². The third-order valence-corrected chi connectivity index (χ3v) is 7.97. The fraction of sp³-hybridized carbons (Fsp3) is 0.433. The summed E-state index contributed by atoms with van der Waals surface area (Å²) >= 11 is 0. The average molecular weight is 624 g/mol. The van der Waals surface area contributed by atoms with E-state index in [9.17, 15) is 36.5 Å². The Morgan fingerprint density at radius 3 is 2.18 bits per heavy atom. The van der Waals surface area contributed by atoms with E-state index in [1.165, 1.54) is 18.2 Å². The van der Waals surface area contributed by atoms with Gasteiger partial charge in [0.1, 0.15) is 11.3 Å². The fourth-order valence-electron chi connectivity index (χ4n) is 5.63. The number of halogens is 6. The topological polar surface area (TPSA) is 83.8 Å². The molecule has 2 heterocycles. The van der Waals surface area contributed by atoms with E-state index >= 15 is 0 Å². The predicted molar refractivity (Wildman–Crippen MR) is 152 cm³/mol. The summed E-state index contributed by atoms with van der Waals surface area (Å²) in [5.41, 5.74) is -0.995. The Hall–Kier alpha value is -4.07. The van der Waals surface area contributed by atoms with Crippen LogP contribution in [0.1, 0.15) is 42.4 Å². The van der Waals surface area contributed by atoms with Crippen molar-refractivity contribution in [1.29, 1.82) is 0 Å². The van der Waals surface area contributed by atoms with Crippen LogP contribution in [0.15, 0.2) is 60.9 Å². The Labute approximate surface area is 249 Å². The molecule has 1 N–H and O–H groups in total. The molecule has 8 nitrogen and oxygen atoms in total. The van der Waals surface area contributed by atoms with Gasteiger partial charge in [0, 0.05) is 56.6 Å². The van der Waals surface area contributed by atoms with E-state index in [0.717, 1.165) is 61.7 Å². The molecule has 1 saturated carbocycles. The maximum absolute atomic E-state index is 13.3. The predicted octanol–water partition coefficient (Wildman–Crippen LogP) is 7.15. The summed E-state index contributed by atoms with van der Waals surface area (Å²) in [7, 11) is 0. The van der Waals surface area contributed by atoms with Gasteiger partial charge in [-0.3, -0.25) is 20.0 Å². The van der Waals surface area contributed by atoms with Crippen molar-refractivity contribution in [3.8, 4) is 5.75 Å². The molecule has 44 heavy (non-hydrogen) atoms. The summed E-state index contributed by atoms with van der Waals surface area (Å²) in [5.74, 6) is 0.622. The number of ether oxygens (including phenoxy) is 1. The van der Waals surface area contributed by atoms with Gasteiger partial charge in [0.15, 0.2) is 0 Å². The lowest BCUT2D eigenvalue weighted by atomic mass is 9.92. The molecule has 5 rings (SSSR count). The number of nitro benzene ring substituents is 1. The van der Waals surface area contributed by atoms with E-state index < -0.39 is 34.1 Å². The minimum absolute atomic E-state index is 0.0896. The number of nitro groups is 1. The first-order valence-corrected chi connectivity index (χ1v) is 14.2. The van der Waals surface area contributed by atoms with Crippen molar-refractivity contribution in [2.45, 2.75) is 56.7 Å². The lowest BCUT2D eigenvalue weighted by Crippen LogP contribution is -2.46. The number of alkyl halides is 6. The van der Waals surface area contributed by atoms with E-state index in [-0.39, 0.29) is 17.8 Å². The Morgan fingerprint density at radius 1 is 0.886 bits per heavy atom. The van der Waals surface area contributed by atoms with E-state index in [2.05, 4.69) is 20.1 Å². The minimum Gasteiger partial charge on any atom is -0.489 e. The van der Waals surface area contributed by atoms with E-state index in [0.29, 0.717) is 38.0 Å². The molecule has 3 aromatic rings. The van der Waals surface area contributed by atoms with Gasteiger partial charge in [0.25, 0.3) is 5.69 Å². The maximum Gasteiger partial charge on any atom is 0.423 e. The molecular weight excluding hydrogens is 592 g/mol. The van der Waals surface area contributed by atoms with Crippen molar-refractivity contribution >= 4 is 17.1 Å². The van der Waals surface area contributed by atoms with Gasteiger partial charge in [-0.05, 0) is 55.5 Å². The Kier molecular flexibility index (Phi) is 9.18. The smallest absolute Gasteiger partial charge is 0.423 e. The number of rotatable bonds is 8. The number of nitrogens with one attached hydrogen (secondary N) is 1. The van der Waals surface area contributed by atoms with Crippen LogP contribution < -0.4 is 15.0 Å². The van der Waals surface area contributed by atoms with Crippen LogP contribution in [0.2, 0.25) is 0 Å². The molecule has 1 aliphatic heterocycles. The van der Waals surface area contributed by atoms with Gasteiger partial charge in [-0.15, -0.1) is 0 Å². The van der Waals surface area contributed by atoms with Crippen LogP contribution in [0.3, 0.4) is 0 Å². The number of hydrogen-bond acceptors (Lipinski definition) is 7. The monoisotopic (exact) mass is 623 g/mol. The zero-order chi connectivity index (χ0) is 31.5. The van der Waals surface area contributed by atoms with Gasteiger partial charge in [0.05, 0.1) is 34.7 Å². The summed E-state index contributed by atoms with van der Waals surface area (Å²) in [5, 5.41) is 14.1. The first-order chi connectivity index (χ1) is 20.8. The van der Waals surface area contributed by atoms with Gasteiger partial charge in [-0.25, -0.2) is 0 Å². The summed E-state index contributed by atoms with van der Waals surface area (Å²) < 4.78 is 84.6. The van der Waals surface area contributed by atoms with Crippen molar-refractivity contribution in [3.05, 3.63) is 87.7 Å².